The quantitative estimate of drug-likeness (QED) is 0.428. The van der Waals surface area contributed by atoms with E-state index in [1.165, 1.54) is 12.1 Å². The van der Waals surface area contributed by atoms with Crippen molar-refractivity contribution in [3.8, 4) is 11.5 Å². The molecule has 2 fully saturated rings. The molecule has 1 aromatic carbocycles. The van der Waals surface area contributed by atoms with E-state index in [1.807, 2.05) is 0 Å². The van der Waals surface area contributed by atoms with E-state index >= 15 is 0 Å². The molecule has 0 radical (unpaired) electrons. The fourth-order valence-electron chi connectivity index (χ4n) is 3.73. The van der Waals surface area contributed by atoms with Crippen molar-refractivity contribution in [2.45, 2.75) is 18.9 Å². The number of piperidine rings is 1. The number of hydrogen-bond donors (Lipinski definition) is 3. The summed E-state index contributed by atoms with van der Waals surface area (Å²) in [5.74, 6) is -1.61. The third-order valence-corrected chi connectivity index (χ3v) is 5.21. The van der Waals surface area contributed by atoms with E-state index in [1.54, 1.807) is 11.1 Å². The number of para-hydroxylation sites is 1. The van der Waals surface area contributed by atoms with Gasteiger partial charge in [-0.25, -0.2) is 9.59 Å². The van der Waals surface area contributed by atoms with Crippen LogP contribution >= 0.6 is 0 Å². The lowest BCUT2D eigenvalue weighted by atomic mass is 10.0. The molecule has 3 N–H and O–H groups in total. The van der Waals surface area contributed by atoms with Gasteiger partial charge in [0.2, 0.25) is 6.41 Å². The molecule has 170 valence electrons. The Kier molecular flexibility index (Phi) is 8.44. The molecule has 0 atom stereocenters. The van der Waals surface area contributed by atoms with Crippen LogP contribution in [0.2, 0.25) is 0 Å². The largest absolute Gasteiger partial charge is 0.479 e. The third-order valence-electron chi connectivity index (χ3n) is 5.21. The van der Waals surface area contributed by atoms with Gasteiger partial charge in [-0.1, -0.05) is 6.07 Å². The number of aliphatic carboxylic acids is 1. The molecule has 2 saturated heterocycles. The van der Waals surface area contributed by atoms with Gasteiger partial charge in [0.05, 0.1) is 5.69 Å². The molecule has 0 aromatic heterocycles. The van der Waals surface area contributed by atoms with E-state index in [0.29, 0.717) is 25.5 Å². The molecule has 0 spiro atoms. The van der Waals surface area contributed by atoms with Crippen molar-refractivity contribution in [3.05, 3.63) is 18.2 Å². The normalized spacial score (nSPS) is 18.2. The molecular weight excluding hydrogens is 408 g/mol. The predicted molar refractivity (Wildman–Crippen MR) is 110 cm³/mol. The number of nitrogens with one attached hydrogen (secondary N) is 2. The second-order valence-corrected chi connectivity index (χ2v) is 7.28. The Balaban J connectivity index is 1.48. The standard InChI is InChI=1S/C20H28N4O7/c25-14-22-16-2-1-3-17(20(16)30-12-18(26)27)29-13-19(28)31-24-10-8-23(9-11-24)15-4-6-21-7-5-15/h1-3,14-15,21H,4-13H2,(H,22,25)(H,26,27). The maximum atomic E-state index is 12.2. The zero-order chi connectivity index (χ0) is 22.1. The number of carboxylic acids is 1. The average molecular weight is 436 g/mol. The number of rotatable bonds is 10. The van der Waals surface area contributed by atoms with Gasteiger partial charge in [-0.05, 0) is 38.1 Å². The van der Waals surface area contributed by atoms with Crippen LogP contribution in [0, 0.1) is 0 Å². The molecule has 2 aliphatic heterocycles. The van der Waals surface area contributed by atoms with Gasteiger partial charge in [-0.3, -0.25) is 9.69 Å². The number of anilines is 1. The minimum Gasteiger partial charge on any atom is -0.479 e. The molecule has 2 heterocycles. The summed E-state index contributed by atoms with van der Waals surface area (Å²) in [5.41, 5.74) is 0.233. The molecule has 2 aliphatic rings. The molecule has 1 amide bonds. The van der Waals surface area contributed by atoms with Crippen molar-refractivity contribution in [3.63, 3.8) is 0 Å². The first-order chi connectivity index (χ1) is 15.1. The molecule has 0 unspecified atom stereocenters. The van der Waals surface area contributed by atoms with E-state index in [4.69, 9.17) is 19.4 Å². The second-order valence-electron chi connectivity index (χ2n) is 7.28. The number of benzene rings is 1. The Bertz CT molecular complexity index is 762. The molecule has 0 aliphatic carbocycles. The summed E-state index contributed by atoms with van der Waals surface area (Å²) in [4.78, 5) is 41.7. The number of hydroxylamine groups is 2. The highest BCUT2D eigenvalue weighted by atomic mass is 16.7. The number of carboxylic acid groups (broad SMARTS) is 1. The molecule has 0 saturated carbocycles. The Morgan fingerprint density at radius 2 is 1.87 bits per heavy atom. The van der Waals surface area contributed by atoms with Crippen molar-refractivity contribution in [1.82, 2.24) is 15.3 Å². The monoisotopic (exact) mass is 436 g/mol. The second kappa shape index (κ2) is 11.5. The number of carbonyl (C=O) groups is 3. The third kappa shape index (κ3) is 6.81. The summed E-state index contributed by atoms with van der Waals surface area (Å²) in [5, 5.41) is 16.3. The van der Waals surface area contributed by atoms with E-state index in [0.717, 1.165) is 39.0 Å². The minimum atomic E-state index is -1.19. The van der Waals surface area contributed by atoms with E-state index in [2.05, 4.69) is 15.5 Å². The van der Waals surface area contributed by atoms with Crippen LogP contribution in [0.15, 0.2) is 18.2 Å². The lowest BCUT2D eigenvalue weighted by Gasteiger charge is -2.39. The number of ether oxygens (including phenoxy) is 2. The Morgan fingerprint density at radius 1 is 1.13 bits per heavy atom. The van der Waals surface area contributed by atoms with Gasteiger partial charge in [-0.2, -0.15) is 0 Å². The maximum absolute atomic E-state index is 12.2. The highest BCUT2D eigenvalue weighted by Gasteiger charge is 2.26. The van der Waals surface area contributed by atoms with Crippen LogP contribution < -0.4 is 20.1 Å². The summed E-state index contributed by atoms with van der Waals surface area (Å²) in [7, 11) is 0. The van der Waals surface area contributed by atoms with Crippen LogP contribution in [0.5, 0.6) is 11.5 Å². The van der Waals surface area contributed by atoms with Gasteiger partial charge in [-0.15, -0.1) is 5.06 Å². The van der Waals surface area contributed by atoms with Gasteiger partial charge < -0.3 is 30.1 Å². The van der Waals surface area contributed by atoms with Crippen LogP contribution in [-0.4, -0.2) is 91.9 Å². The number of amides is 1. The number of carbonyl (C=O) groups excluding carboxylic acids is 2. The summed E-state index contributed by atoms with van der Waals surface area (Å²) in [6.45, 7) is 4.00. The van der Waals surface area contributed by atoms with Crippen LogP contribution in [0.4, 0.5) is 5.69 Å². The zero-order valence-corrected chi connectivity index (χ0v) is 17.2. The zero-order valence-electron chi connectivity index (χ0n) is 17.2. The van der Waals surface area contributed by atoms with E-state index < -0.39 is 18.5 Å². The van der Waals surface area contributed by atoms with Gasteiger partial charge in [0.25, 0.3) is 0 Å². The summed E-state index contributed by atoms with van der Waals surface area (Å²) >= 11 is 0. The Morgan fingerprint density at radius 3 is 2.55 bits per heavy atom. The lowest BCUT2D eigenvalue weighted by molar-refractivity contribution is -0.201. The van der Waals surface area contributed by atoms with Crippen molar-refractivity contribution >= 4 is 24.0 Å². The van der Waals surface area contributed by atoms with Gasteiger partial charge in [0, 0.05) is 32.2 Å². The van der Waals surface area contributed by atoms with Crippen LogP contribution in [0.3, 0.4) is 0 Å². The van der Waals surface area contributed by atoms with Crippen LogP contribution in [0.25, 0.3) is 0 Å². The number of nitrogens with zero attached hydrogens (tertiary/aromatic N) is 2. The SMILES string of the molecule is O=CNc1cccc(OCC(=O)ON2CCN(C3CCNCC3)CC2)c1OCC(=O)O. The number of piperazine rings is 1. The molecule has 11 heteroatoms. The maximum Gasteiger partial charge on any atom is 0.362 e. The minimum absolute atomic E-state index is 0.0281. The van der Waals surface area contributed by atoms with Crippen molar-refractivity contribution in [2.75, 3.05) is 57.8 Å². The highest BCUT2D eigenvalue weighted by molar-refractivity contribution is 5.78. The van der Waals surface area contributed by atoms with Crippen molar-refractivity contribution in [2.24, 2.45) is 0 Å². The van der Waals surface area contributed by atoms with Crippen molar-refractivity contribution < 1.29 is 33.8 Å². The van der Waals surface area contributed by atoms with Gasteiger partial charge in [0.15, 0.2) is 24.7 Å². The molecule has 31 heavy (non-hydrogen) atoms. The average Bonchev–Trinajstić information content (AvgIpc) is 2.78. The number of hydrogen-bond acceptors (Lipinski definition) is 9. The molecule has 11 nitrogen and oxygen atoms in total. The predicted octanol–water partition coefficient (Wildman–Crippen LogP) is -0.0751. The summed E-state index contributed by atoms with van der Waals surface area (Å²) in [6, 6.07) is 5.20. The first-order valence-electron chi connectivity index (χ1n) is 10.3. The summed E-state index contributed by atoms with van der Waals surface area (Å²) in [6.07, 6.45) is 2.71. The van der Waals surface area contributed by atoms with E-state index in [9.17, 15) is 14.4 Å². The van der Waals surface area contributed by atoms with Crippen molar-refractivity contribution in [1.29, 1.82) is 0 Å². The fourth-order valence-corrected chi connectivity index (χ4v) is 3.73. The first-order valence-corrected chi connectivity index (χ1v) is 10.3. The van der Waals surface area contributed by atoms with Crippen LogP contribution in [0.1, 0.15) is 12.8 Å². The Hall–Kier alpha value is -2.89. The van der Waals surface area contributed by atoms with Gasteiger partial charge >= 0.3 is 11.9 Å². The Labute approximate surface area is 180 Å². The lowest BCUT2D eigenvalue weighted by Crippen LogP contribution is -2.53. The molecular formula is C20H28N4O7. The molecule has 3 rings (SSSR count). The fraction of sp³-hybridized carbons (Fsp3) is 0.550. The van der Waals surface area contributed by atoms with Gasteiger partial charge in [0.1, 0.15) is 0 Å². The summed E-state index contributed by atoms with van der Waals surface area (Å²) < 4.78 is 10.7. The van der Waals surface area contributed by atoms with E-state index in [-0.39, 0.29) is 23.8 Å². The molecule has 0 bridgehead atoms. The van der Waals surface area contributed by atoms with Crippen LogP contribution in [-0.2, 0) is 19.2 Å². The first kappa shape index (κ1) is 22.8. The molecule has 1 aromatic rings. The topological polar surface area (TPSA) is 130 Å². The smallest absolute Gasteiger partial charge is 0.362 e. The highest BCUT2D eigenvalue weighted by Crippen LogP contribution is 2.35.